The molecule has 2 unspecified atom stereocenters. The molecule has 2 atom stereocenters. The summed E-state index contributed by atoms with van der Waals surface area (Å²) in [5.41, 5.74) is 5.87. The van der Waals surface area contributed by atoms with Gasteiger partial charge in [0.15, 0.2) is 10.3 Å². The van der Waals surface area contributed by atoms with E-state index in [9.17, 15) is 0 Å². The van der Waals surface area contributed by atoms with Crippen LogP contribution in [0.2, 0.25) is 5.15 Å². The second-order valence-electron chi connectivity index (χ2n) is 4.88. The minimum absolute atomic E-state index is 0.105. The lowest BCUT2D eigenvalue weighted by Gasteiger charge is -2.42. The van der Waals surface area contributed by atoms with E-state index in [1.54, 1.807) is 0 Å². The topological polar surface area (TPSA) is 74.7 Å². The van der Waals surface area contributed by atoms with Gasteiger partial charge in [-0.05, 0) is 18.8 Å². The molecule has 0 amide bonds. The minimum Gasteiger partial charge on any atom is -0.354 e. The predicted molar refractivity (Wildman–Crippen MR) is 74.9 cm³/mol. The molecule has 98 valence electrons. The van der Waals surface area contributed by atoms with Crippen molar-refractivity contribution in [2.75, 3.05) is 11.9 Å². The van der Waals surface area contributed by atoms with E-state index in [1.807, 2.05) is 6.07 Å². The van der Waals surface area contributed by atoms with E-state index in [0.29, 0.717) is 22.5 Å². The number of halogens is 1. The molecule has 0 aromatic carbocycles. The Balaban J connectivity index is 2.21. The Morgan fingerprint density at radius 1 is 1.67 bits per heavy atom. The van der Waals surface area contributed by atoms with Crippen LogP contribution in [0, 0.1) is 17.2 Å². The summed E-state index contributed by atoms with van der Waals surface area (Å²) in [6.45, 7) is 2.80. The molecule has 0 bridgehead atoms. The van der Waals surface area contributed by atoms with E-state index >= 15 is 0 Å². The fourth-order valence-corrected chi connectivity index (χ4v) is 3.64. The van der Waals surface area contributed by atoms with Gasteiger partial charge >= 0.3 is 0 Å². The van der Waals surface area contributed by atoms with Crippen molar-refractivity contribution in [3.05, 3.63) is 10.0 Å². The Labute approximate surface area is 116 Å². The van der Waals surface area contributed by atoms with Crippen LogP contribution in [0.25, 0.3) is 0 Å². The lowest BCUT2D eigenvalue weighted by atomic mass is 9.74. The Kier molecular flexibility index (Phi) is 4.10. The van der Waals surface area contributed by atoms with Gasteiger partial charge in [-0.3, -0.25) is 0 Å². The number of thiazole rings is 1. The van der Waals surface area contributed by atoms with Crippen molar-refractivity contribution >= 4 is 28.1 Å². The first-order valence-electron chi connectivity index (χ1n) is 6.16. The first-order valence-corrected chi connectivity index (χ1v) is 7.35. The average molecular weight is 285 g/mol. The molecule has 1 saturated carbocycles. The van der Waals surface area contributed by atoms with Gasteiger partial charge in [0.2, 0.25) is 0 Å². The summed E-state index contributed by atoms with van der Waals surface area (Å²) in [4.78, 5) is 4.65. The number of hydrogen-bond acceptors (Lipinski definition) is 5. The van der Waals surface area contributed by atoms with Gasteiger partial charge in [0, 0.05) is 6.54 Å². The van der Waals surface area contributed by atoms with Gasteiger partial charge in [-0.15, -0.1) is 0 Å². The maximum Gasteiger partial charge on any atom is 0.185 e. The van der Waals surface area contributed by atoms with Crippen molar-refractivity contribution in [2.45, 2.75) is 38.1 Å². The first-order chi connectivity index (χ1) is 8.61. The molecule has 1 aliphatic rings. The maximum atomic E-state index is 8.89. The molecule has 18 heavy (non-hydrogen) atoms. The lowest BCUT2D eigenvalue weighted by molar-refractivity contribution is 0.235. The third-order valence-electron chi connectivity index (χ3n) is 3.86. The highest BCUT2D eigenvalue weighted by molar-refractivity contribution is 7.16. The summed E-state index contributed by atoms with van der Waals surface area (Å²) < 4.78 is 0. The van der Waals surface area contributed by atoms with E-state index in [4.69, 9.17) is 22.6 Å². The van der Waals surface area contributed by atoms with Crippen LogP contribution in [0.4, 0.5) is 5.13 Å². The highest BCUT2D eigenvalue weighted by Crippen LogP contribution is 2.37. The van der Waals surface area contributed by atoms with E-state index in [0.717, 1.165) is 6.42 Å². The Morgan fingerprint density at radius 3 is 3.00 bits per heavy atom. The monoisotopic (exact) mass is 284 g/mol. The van der Waals surface area contributed by atoms with Crippen molar-refractivity contribution < 1.29 is 0 Å². The lowest BCUT2D eigenvalue weighted by Crippen LogP contribution is -2.52. The summed E-state index contributed by atoms with van der Waals surface area (Å²) in [6, 6.07) is 2.05. The number of anilines is 1. The molecule has 1 heterocycles. The van der Waals surface area contributed by atoms with Gasteiger partial charge in [0.1, 0.15) is 10.9 Å². The number of rotatable bonds is 3. The molecule has 1 aromatic rings. The number of aromatic nitrogens is 1. The average Bonchev–Trinajstić information content (AvgIpc) is 2.72. The predicted octanol–water partition coefficient (Wildman–Crippen LogP) is 2.99. The molecule has 0 aliphatic heterocycles. The van der Waals surface area contributed by atoms with Crippen molar-refractivity contribution in [1.29, 1.82) is 5.26 Å². The number of nitrogens with one attached hydrogen (secondary N) is 1. The van der Waals surface area contributed by atoms with E-state index < -0.39 is 0 Å². The zero-order valence-electron chi connectivity index (χ0n) is 10.4. The van der Waals surface area contributed by atoms with Crippen molar-refractivity contribution in [1.82, 2.24) is 4.98 Å². The molecule has 1 fully saturated rings. The van der Waals surface area contributed by atoms with Gasteiger partial charge in [-0.2, -0.15) is 5.26 Å². The molecular formula is C12H17ClN4S. The van der Waals surface area contributed by atoms with Crippen molar-refractivity contribution in [3.63, 3.8) is 0 Å². The summed E-state index contributed by atoms with van der Waals surface area (Å²) >= 11 is 7.19. The largest absolute Gasteiger partial charge is 0.354 e. The van der Waals surface area contributed by atoms with Crippen LogP contribution >= 0.6 is 22.9 Å². The number of nitrogens with two attached hydrogens (primary N) is 1. The summed E-state index contributed by atoms with van der Waals surface area (Å²) in [5, 5.41) is 13.3. The highest BCUT2D eigenvalue weighted by atomic mass is 35.5. The Morgan fingerprint density at radius 2 is 2.44 bits per heavy atom. The zero-order valence-corrected chi connectivity index (χ0v) is 11.9. The molecule has 1 aliphatic carbocycles. The molecular weight excluding hydrogens is 268 g/mol. The van der Waals surface area contributed by atoms with Crippen LogP contribution in [0.1, 0.15) is 37.5 Å². The van der Waals surface area contributed by atoms with Crippen molar-refractivity contribution in [2.24, 2.45) is 11.7 Å². The molecule has 2 rings (SSSR count). The molecule has 0 radical (unpaired) electrons. The van der Waals surface area contributed by atoms with Crippen LogP contribution in [0.15, 0.2) is 0 Å². The first kappa shape index (κ1) is 13.6. The highest BCUT2D eigenvalue weighted by Gasteiger charge is 2.37. The van der Waals surface area contributed by atoms with Gasteiger partial charge in [-0.1, -0.05) is 42.7 Å². The Hall–Kier alpha value is -0.830. The third-order valence-corrected chi connectivity index (χ3v) is 5.12. The second kappa shape index (κ2) is 5.43. The summed E-state index contributed by atoms with van der Waals surface area (Å²) in [6.07, 6.45) is 4.66. The summed E-state index contributed by atoms with van der Waals surface area (Å²) in [7, 11) is 0. The number of nitriles is 1. The van der Waals surface area contributed by atoms with Crippen LogP contribution in [0.5, 0.6) is 0 Å². The third kappa shape index (κ3) is 2.46. The molecule has 6 heteroatoms. The van der Waals surface area contributed by atoms with E-state index in [2.05, 4.69) is 17.2 Å². The fourth-order valence-electron chi connectivity index (χ4n) is 2.59. The molecule has 1 aromatic heterocycles. The number of nitrogens with zero attached hydrogens (tertiary/aromatic N) is 2. The van der Waals surface area contributed by atoms with Crippen LogP contribution in [-0.4, -0.2) is 17.1 Å². The molecule has 3 N–H and O–H groups in total. The van der Waals surface area contributed by atoms with E-state index in [1.165, 1.54) is 30.6 Å². The standard InChI is InChI=1S/C12H17ClN4S/c1-8-4-2-3-5-12(8,7-15)17-11-16-10(13)9(6-14)18-11/h8H,2-5,7,15H2,1H3,(H,16,17). The molecule has 0 spiro atoms. The Bertz CT molecular complexity index is 467. The van der Waals surface area contributed by atoms with E-state index in [-0.39, 0.29) is 10.7 Å². The minimum atomic E-state index is -0.105. The van der Waals surface area contributed by atoms with Crippen LogP contribution < -0.4 is 11.1 Å². The van der Waals surface area contributed by atoms with Gasteiger partial charge in [0.05, 0.1) is 5.54 Å². The SMILES string of the molecule is CC1CCCCC1(CN)Nc1nc(Cl)c(C#N)s1. The van der Waals surface area contributed by atoms with Crippen LogP contribution in [0.3, 0.4) is 0 Å². The quantitative estimate of drug-likeness (QED) is 0.895. The molecule has 0 saturated heterocycles. The number of hydrogen-bond donors (Lipinski definition) is 2. The van der Waals surface area contributed by atoms with Gasteiger partial charge < -0.3 is 11.1 Å². The smallest absolute Gasteiger partial charge is 0.185 e. The molecule has 4 nitrogen and oxygen atoms in total. The van der Waals surface area contributed by atoms with Gasteiger partial charge in [0.25, 0.3) is 0 Å². The fraction of sp³-hybridized carbons (Fsp3) is 0.667. The second-order valence-corrected chi connectivity index (χ2v) is 6.24. The van der Waals surface area contributed by atoms with Gasteiger partial charge in [-0.25, -0.2) is 4.98 Å². The zero-order chi connectivity index (χ0) is 13.2. The summed E-state index contributed by atoms with van der Waals surface area (Å²) in [5.74, 6) is 0.504. The maximum absolute atomic E-state index is 8.89. The van der Waals surface area contributed by atoms with Crippen molar-refractivity contribution in [3.8, 4) is 6.07 Å². The normalized spacial score (nSPS) is 27.8. The van der Waals surface area contributed by atoms with Crippen LogP contribution in [-0.2, 0) is 0 Å².